The Hall–Kier alpha value is -3.29. The van der Waals surface area contributed by atoms with Gasteiger partial charge in [-0.25, -0.2) is 10.2 Å². The van der Waals surface area contributed by atoms with Crippen LogP contribution in [0.25, 0.3) is 11.3 Å². The summed E-state index contributed by atoms with van der Waals surface area (Å²) < 4.78 is 10.6. The van der Waals surface area contributed by atoms with E-state index in [1.165, 1.54) is 6.21 Å². The van der Waals surface area contributed by atoms with Crippen LogP contribution < -0.4 is 10.7 Å². The molecule has 1 atom stereocenters. The monoisotopic (exact) mass is 473 g/mol. The average molecular weight is 474 g/mol. The summed E-state index contributed by atoms with van der Waals surface area (Å²) in [5, 5.41) is 7.61. The van der Waals surface area contributed by atoms with Crippen molar-refractivity contribution in [2.24, 2.45) is 5.10 Å². The van der Waals surface area contributed by atoms with E-state index in [4.69, 9.17) is 32.4 Å². The Morgan fingerprint density at radius 2 is 1.91 bits per heavy atom. The van der Waals surface area contributed by atoms with Crippen molar-refractivity contribution >= 4 is 41.4 Å². The highest BCUT2D eigenvalue weighted by atomic mass is 35.5. The van der Waals surface area contributed by atoms with Gasteiger partial charge >= 0.3 is 6.09 Å². The molecule has 3 aromatic rings. The van der Waals surface area contributed by atoms with Crippen molar-refractivity contribution in [1.82, 2.24) is 10.7 Å². The van der Waals surface area contributed by atoms with Gasteiger partial charge in [-0.15, -0.1) is 0 Å². The lowest BCUT2D eigenvalue weighted by Crippen LogP contribution is -2.33. The Balaban J connectivity index is 1.61. The average Bonchev–Trinajstić information content (AvgIpc) is 3.22. The molecule has 7 nitrogen and oxygen atoms in total. The lowest BCUT2D eigenvalue weighted by Gasteiger charge is -2.17. The largest absolute Gasteiger partial charge is 0.455 e. The fourth-order valence-corrected chi connectivity index (χ4v) is 3.41. The van der Waals surface area contributed by atoms with Gasteiger partial charge in [0.2, 0.25) is 5.91 Å². The molecule has 0 unspecified atom stereocenters. The van der Waals surface area contributed by atoms with Crippen LogP contribution in [-0.2, 0) is 9.53 Å². The second-order valence-electron chi connectivity index (χ2n) is 6.65. The summed E-state index contributed by atoms with van der Waals surface area (Å²) in [6, 6.07) is 17.1. The molecule has 0 radical (unpaired) electrons. The Labute approximate surface area is 195 Å². The first-order valence-corrected chi connectivity index (χ1v) is 10.6. The predicted molar refractivity (Wildman–Crippen MR) is 124 cm³/mol. The Morgan fingerprint density at radius 1 is 1.12 bits per heavy atom. The summed E-state index contributed by atoms with van der Waals surface area (Å²) in [4.78, 5) is 24.2. The highest BCUT2D eigenvalue weighted by molar-refractivity contribution is 6.36. The zero-order valence-electron chi connectivity index (χ0n) is 17.2. The molecule has 2 aromatic carbocycles. The second kappa shape index (κ2) is 11.4. The van der Waals surface area contributed by atoms with Crippen LogP contribution in [0.4, 0.5) is 4.79 Å². The SMILES string of the molecule is CCOC(=O)N[C@@H](CC(=O)N/N=C\c1ccc(-c2ccc(Cl)cc2Cl)o1)c1ccccc1. The molecule has 0 fully saturated rings. The van der Waals surface area contributed by atoms with Crippen molar-refractivity contribution in [3.63, 3.8) is 0 Å². The highest BCUT2D eigenvalue weighted by Gasteiger charge is 2.19. The van der Waals surface area contributed by atoms with E-state index in [2.05, 4.69) is 15.8 Å². The van der Waals surface area contributed by atoms with Gasteiger partial charge < -0.3 is 14.5 Å². The first kappa shape index (κ1) is 23.4. The molecule has 9 heteroatoms. The van der Waals surface area contributed by atoms with Crippen molar-refractivity contribution in [2.75, 3.05) is 6.61 Å². The lowest BCUT2D eigenvalue weighted by molar-refractivity contribution is -0.121. The second-order valence-corrected chi connectivity index (χ2v) is 7.50. The minimum Gasteiger partial charge on any atom is -0.455 e. The Kier molecular flexibility index (Phi) is 8.30. The van der Waals surface area contributed by atoms with Crippen molar-refractivity contribution in [2.45, 2.75) is 19.4 Å². The number of rotatable bonds is 8. The van der Waals surface area contributed by atoms with E-state index in [-0.39, 0.29) is 18.9 Å². The van der Waals surface area contributed by atoms with Crippen LogP contribution in [0.5, 0.6) is 0 Å². The van der Waals surface area contributed by atoms with Gasteiger partial charge in [-0.05, 0) is 42.8 Å². The van der Waals surface area contributed by atoms with Gasteiger partial charge in [0.05, 0.1) is 30.3 Å². The topological polar surface area (TPSA) is 92.9 Å². The van der Waals surface area contributed by atoms with E-state index in [1.54, 1.807) is 37.3 Å². The zero-order valence-corrected chi connectivity index (χ0v) is 18.7. The smallest absolute Gasteiger partial charge is 0.407 e. The van der Waals surface area contributed by atoms with Crippen LogP contribution in [0, 0.1) is 0 Å². The molecule has 166 valence electrons. The van der Waals surface area contributed by atoms with Gasteiger partial charge in [-0.1, -0.05) is 53.5 Å². The number of alkyl carbamates (subject to hydrolysis) is 1. The number of furan rings is 1. The molecule has 0 saturated heterocycles. The Morgan fingerprint density at radius 3 is 2.62 bits per heavy atom. The summed E-state index contributed by atoms with van der Waals surface area (Å²) in [7, 11) is 0. The Bertz CT molecular complexity index is 1100. The maximum Gasteiger partial charge on any atom is 0.407 e. The van der Waals surface area contributed by atoms with Crippen LogP contribution in [0.3, 0.4) is 0 Å². The number of nitrogens with zero attached hydrogens (tertiary/aromatic N) is 1. The standard InChI is InChI=1S/C23H21Cl2N3O4/c1-2-31-23(30)27-20(15-6-4-3-5-7-15)13-22(29)28-26-14-17-9-11-21(32-17)18-10-8-16(24)12-19(18)25/h3-12,14,20H,2,13H2,1H3,(H,27,30)(H,28,29)/b26-14-/t20-/m0/s1. The molecule has 0 spiro atoms. The van der Waals surface area contributed by atoms with Crippen LogP contribution in [-0.4, -0.2) is 24.8 Å². The minimum atomic E-state index is -0.596. The van der Waals surface area contributed by atoms with Gasteiger partial charge in [-0.2, -0.15) is 5.10 Å². The van der Waals surface area contributed by atoms with Crippen molar-refractivity contribution in [3.8, 4) is 11.3 Å². The molecule has 3 rings (SSSR count). The third kappa shape index (κ3) is 6.60. The highest BCUT2D eigenvalue weighted by Crippen LogP contribution is 2.31. The normalized spacial score (nSPS) is 11.8. The lowest BCUT2D eigenvalue weighted by atomic mass is 10.0. The van der Waals surface area contributed by atoms with Gasteiger partial charge in [0, 0.05) is 10.6 Å². The first-order chi connectivity index (χ1) is 15.5. The summed E-state index contributed by atoms with van der Waals surface area (Å²) in [6.45, 7) is 1.94. The molecule has 2 amide bonds. The van der Waals surface area contributed by atoms with E-state index in [0.717, 1.165) is 5.56 Å². The maximum absolute atomic E-state index is 12.4. The fraction of sp³-hybridized carbons (Fsp3) is 0.174. The number of hydrogen-bond donors (Lipinski definition) is 2. The third-order valence-electron chi connectivity index (χ3n) is 4.36. The summed E-state index contributed by atoms with van der Waals surface area (Å²) in [5.41, 5.74) is 3.90. The van der Waals surface area contributed by atoms with E-state index in [0.29, 0.717) is 27.1 Å². The summed E-state index contributed by atoms with van der Waals surface area (Å²) >= 11 is 12.1. The molecule has 32 heavy (non-hydrogen) atoms. The van der Waals surface area contributed by atoms with E-state index in [1.807, 2.05) is 30.3 Å². The number of ether oxygens (including phenoxy) is 1. The molecule has 0 saturated carbocycles. The number of carbonyl (C=O) groups excluding carboxylic acids is 2. The molecular weight excluding hydrogens is 453 g/mol. The summed E-state index contributed by atoms with van der Waals surface area (Å²) in [5.74, 6) is 0.581. The van der Waals surface area contributed by atoms with E-state index < -0.39 is 12.1 Å². The van der Waals surface area contributed by atoms with Crippen LogP contribution in [0.1, 0.15) is 30.7 Å². The van der Waals surface area contributed by atoms with E-state index >= 15 is 0 Å². The van der Waals surface area contributed by atoms with Gasteiger partial charge in [0.1, 0.15) is 11.5 Å². The quantitative estimate of drug-likeness (QED) is 0.329. The minimum absolute atomic E-state index is 0.0239. The van der Waals surface area contributed by atoms with Gasteiger partial charge in [0.25, 0.3) is 0 Å². The first-order valence-electron chi connectivity index (χ1n) is 9.81. The number of nitrogens with one attached hydrogen (secondary N) is 2. The van der Waals surface area contributed by atoms with Crippen molar-refractivity contribution < 1.29 is 18.7 Å². The molecule has 1 aromatic heterocycles. The fourth-order valence-electron chi connectivity index (χ4n) is 2.91. The van der Waals surface area contributed by atoms with Crippen LogP contribution in [0.15, 0.2) is 70.2 Å². The molecule has 0 aliphatic carbocycles. The van der Waals surface area contributed by atoms with Crippen LogP contribution in [0.2, 0.25) is 10.0 Å². The number of hydrazone groups is 1. The number of benzene rings is 2. The number of carbonyl (C=O) groups is 2. The van der Waals surface area contributed by atoms with Crippen LogP contribution >= 0.6 is 23.2 Å². The number of hydrogen-bond acceptors (Lipinski definition) is 5. The molecule has 0 aliphatic rings. The molecule has 1 heterocycles. The number of halogens is 2. The zero-order chi connectivity index (χ0) is 22.9. The molecular formula is C23H21Cl2N3O4. The number of amides is 2. The maximum atomic E-state index is 12.4. The van der Waals surface area contributed by atoms with E-state index in [9.17, 15) is 9.59 Å². The molecule has 2 N–H and O–H groups in total. The van der Waals surface area contributed by atoms with Gasteiger partial charge in [-0.3, -0.25) is 4.79 Å². The van der Waals surface area contributed by atoms with Gasteiger partial charge in [0.15, 0.2) is 0 Å². The predicted octanol–water partition coefficient (Wildman–Crippen LogP) is 5.58. The summed E-state index contributed by atoms with van der Waals surface area (Å²) in [6.07, 6.45) is 0.757. The third-order valence-corrected chi connectivity index (χ3v) is 4.91. The molecule has 0 aliphatic heterocycles. The van der Waals surface area contributed by atoms with Crippen molar-refractivity contribution in [1.29, 1.82) is 0 Å². The molecule has 0 bridgehead atoms. The van der Waals surface area contributed by atoms with Crippen molar-refractivity contribution in [3.05, 3.63) is 82.0 Å².